The van der Waals surface area contributed by atoms with Crippen molar-refractivity contribution in [3.05, 3.63) is 61.0 Å². The number of benzene rings is 2. The van der Waals surface area contributed by atoms with Crippen molar-refractivity contribution in [2.75, 3.05) is 23.3 Å². The zero-order valence-corrected chi connectivity index (χ0v) is 21.4. The Balaban J connectivity index is 1.14. The molecule has 2 aliphatic rings. The first-order valence-corrected chi connectivity index (χ1v) is 13.3. The molecule has 8 nitrogen and oxygen atoms in total. The molecule has 1 saturated heterocycles. The first kappa shape index (κ1) is 26.9. The van der Waals surface area contributed by atoms with Crippen molar-refractivity contribution in [2.45, 2.75) is 63.0 Å². The van der Waals surface area contributed by atoms with Gasteiger partial charge < -0.3 is 30.0 Å². The summed E-state index contributed by atoms with van der Waals surface area (Å²) in [5, 5.41) is 9.59. The number of carbonyl (C=O) groups is 1. The van der Waals surface area contributed by atoms with E-state index in [1.54, 1.807) is 12.5 Å². The molecule has 3 aromatic rings. The largest absolute Gasteiger partial charge is 0.573 e. The van der Waals surface area contributed by atoms with Crippen LogP contribution in [0, 0.1) is 0 Å². The molecule has 0 unspecified atom stereocenters. The van der Waals surface area contributed by atoms with Crippen LogP contribution in [0.5, 0.6) is 5.75 Å². The number of ether oxygens (including phenoxy) is 1. The lowest BCUT2D eigenvalue weighted by atomic mass is 9.89. The van der Waals surface area contributed by atoms with E-state index in [1.807, 2.05) is 12.1 Å². The molecule has 5 rings (SSSR count). The second kappa shape index (κ2) is 12.0. The standard InChI is InChI=1S/C28H32F3N5O3/c29-28(30,31)39-23-13-9-20(10-14-23)34-27(37)35-25-6-2-1-5-24(25)33-21-4-3-16-36(18-21)22-11-7-19(8-12-22)26-32-15-17-38-26/h7-15,17,21,24-25,33H,1-6,16,18H2,(H2,34,35,37)/t21-,24+,25+/m0/s1. The molecular weight excluding hydrogens is 511 g/mol. The van der Waals surface area contributed by atoms with Gasteiger partial charge in [-0.15, -0.1) is 13.2 Å². The smallest absolute Gasteiger partial charge is 0.445 e. The second-order valence-electron chi connectivity index (χ2n) is 10.0. The molecule has 3 N–H and O–H groups in total. The minimum absolute atomic E-state index is 0.0398. The Labute approximate surface area is 224 Å². The molecule has 1 aliphatic heterocycles. The third-order valence-electron chi connectivity index (χ3n) is 7.21. The molecule has 2 amide bonds. The van der Waals surface area contributed by atoms with Crippen molar-refractivity contribution in [3.63, 3.8) is 0 Å². The lowest BCUT2D eigenvalue weighted by Crippen LogP contribution is -2.57. The molecule has 1 saturated carbocycles. The molecule has 2 fully saturated rings. The van der Waals surface area contributed by atoms with E-state index in [-0.39, 0.29) is 23.9 Å². The van der Waals surface area contributed by atoms with Crippen molar-refractivity contribution in [3.8, 4) is 17.2 Å². The SMILES string of the molecule is O=C(Nc1ccc(OC(F)(F)F)cc1)N[C@@H]1CCCC[C@H]1N[C@H]1CCCN(c2ccc(-c3ncco3)cc2)C1. The molecule has 2 heterocycles. The Bertz CT molecular complexity index is 1200. The summed E-state index contributed by atoms with van der Waals surface area (Å²) >= 11 is 0. The van der Waals surface area contributed by atoms with E-state index in [4.69, 9.17) is 4.42 Å². The van der Waals surface area contributed by atoms with Gasteiger partial charge in [-0.2, -0.15) is 0 Å². The van der Waals surface area contributed by atoms with E-state index >= 15 is 0 Å². The zero-order valence-electron chi connectivity index (χ0n) is 21.4. The van der Waals surface area contributed by atoms with Gasteiger partial charge in [-0.05, 0) is 74.2 Å². The summed E-state index contributed by atoms with van der Waals surface area (Å²) in [5.74, 6) is 0.268. The number of amides is 2. The van der Waals surface area contributed by atoms with Crippen LogP contribution >= 0.6 is 0 Å². The fraction of sp³-hybridized carbons (Fsp3) is 0.429. The maximum absolute atomic E-state index is 12.7. The quantitative estimate of drug-likeness (QED) is 0.342. The summed E-state index contributed by atoms with van der Waals surface area (Å²) in [6.45, 7) is 1.86. The van der Waals surface area contributed by atoms with E-state index in [0.717, 1.165) is 62.9 Å². The topological polar surface area (TPSA) is 91.7 Å². The number of halogens is 3. The first-order chi connectivity index (χ1) is 18.8. The van der Waals surface area contributed by atoms with E-state index < -0.39 is 6.36 Å². The van der Waals surface area contributed by atoms with Crippen LogP contribution < -0.4 is 25.6 Å². The van der Waals surface area contributed by atoms with Gasteiger partial charge in [-0.3, -0.25) is 0 Å². The molecule has 208 valence electrons. The number of nitrogens with zero attached hydrogens (tertiary/aromatic N) is 2. The lowest BCUT2D eigenvalue weighted by Gasteiger charge is -2.40. The summed E-state index contributed by atoms with van der Waals surface area (Å²) < 4.78 is 46.4. The number of hydrogen-bond donors (Lipinski definition) is 3. The molecule has 39 heavy (non-hydrogen) atoms. The number of alkyl halides is 3. The number of aromatic nitrogens is 1. The molecule has 0 spiro atoms. The maximum atomic E-state index is 12.7. The normalized spacial score (nSPS) is 21.8. The molecule has 11 heteroatoms. The molecule has 2 aromatic carbocycles. The highest BCUT2D eigenvalue weighted by Gasteiger charge is 2.32. The summed E-state index contributed by atoms with van der Waals surface area (Å²) in [6, 6.07) is 13.4. The van der Waals surface area contributed by atoms with Gasteiger partial charge in [0.25, 0.3) is 0 Å². The van der Waals surface area contributed by atoms with Crippen molar-refractivity contribution in [1.29, 1.82) is 0 Å². The molecule has 0 radical (unpaired) electrons. The third kappa shape index (κ3) is 7.44. The van der Waals surface area contributed by atoms with Crippen molar-refractivity contribution in [1.82, 2.24) is 15.6 Å². The second-order valence-corrected chi connectivity index (χ2v) is 10.0. The molecule has 1 aliphatic carbocycles. The summed E-state index contributed by atoms with van der Waals surface area (Å²) in [4.78, 5) is 19.3. The lowest BCUT2D eigenvalue weighted by molar-refractivity contribution is -0.274. The van der Waals surface area contributed by atoms with Gasteiger partial charge in [0.05, 0.1) is 6.20 Å². The van der Waals surface area contributed by atoms with Gasteiger partial charge in [0.15, 0.2) is 0 Å². The van der Waals surface area contributed by atoms with Crippen LogP contribution in [-0.4, -0.2) is 48.6 Å². The monoisotopic (exact) mass is 543 g/mol. The van der Waals surface area contributed by atoms with Gasteiger partial charge in [0.2, 0.25) is 5.89 Å². The van der Waals surface area contributed by atoms with Crippen LogP contribution in [0.2, 0.25) is 0 Å². The fourth-order valence-electron chi connectivity index (χ4n) is 5.41. The number of nitrogens with one attached hydrogen (secondary N) is 3. The summed E-state index contributed by atoms with van der Waals surface area (Å²) in [6.07, 6.45) is 4.53. The number of hydrogen-bond acceptors (Lipinski definition) is 6. The number of carbonyl (C=O) groups excluding carboxylic acids is 1. The fourth-order valence-corrected chi connectivity index (χ4v) is 5.41. The van der Waals surface area contributed by atoms with Crippen LogP contribution in [0.4, 0.5) is 29.3 Å². The number of anilines is 2. The van der Waals surface area contributed by atoms with Gasteiger partial charge in [-0.1, -0.05) is 12.8 Å². The summed E-state index contributed by atoms with van der Waals surface area (Å²) in [5.41, 5.74) is 2.48. The van der Waals surface area contributed by atoms with E-state index in [2.05, 4.69) is 42.7 Å². The van der Waals surface area contributed by atoms with Crippen molar-refractivity contribution in [2.24, 2.45) is 0 Å². The Kier molecular flexibility index (Phi) is 8.25. The highest BCUT2D eigenvalue weighted by molar-refractivity contribution is 5.89. The number of rotatable bonds is 7. The predicted octanol–water partition coefficient (Wildman–Crippen LogP) is 5.93. The average Bonchev–Trinajstić information content (AvgIpc) is 3.46. The maximum Gasteiger partial charge on any atom is 0.573 e. The van der Waals surface area contributed by atoms with Crippen LogP contribution in [0.25, 0.3) is 11.5 Å². The van der Waals surface area contributed by atoms with E-state index in [0.29, 0.717) is 17.6 Å². The van der Waals surface area contributed by atoms with Crippen LogP contribution in [-0.2, 0) is 0 Å². The zero-order chi connectivity index (χ0) is 27.2. The van der Waals surface area contributed by atoms with E-state index in [9.17, 15) is 18.0 Å². The van der Waals surface area contributed by atoms with Crippen LogP contribution in [0.15, 0.2) is 65.4 Å². The van der Waals surface area contributed by atoms with Gasteiger partial charge in [0.1, 0.15) is 12.0 Å². The van der Waals surface area contributed by atoms with Crippen LogP contribution in [0.3, 0.4) is 0 Å². The predicted molar refractivity (Wildman–Crippen MR) is 142 cm³/mol. The highest BCUT2D eigenvalue weighted by Crippen LogP contribution is 2.27. The Morgan fingerprint density at radius 3 is 2.41 bits per heavy atom. The molecule has 0 bridgehead atoms. The van der Waals surface area contributed by atoms with Gasteiger partial charge in [0, 0.05) is 48.2 Å². The Hall–Kier alpha value is -3.73. The minimum atomic E-state index is -4.76. The number of urea groups is 1. The van der Waals surface area contributed by atoms with Crippen molar-refractivity contribution >= 4 is 17.4 Å². The number of oxazole rings is 1. The third-order valence-corrected chi connectivity index (χ3v) is 7.21. The highest BCUT2D eigenvalue weighted by atomic mass is 19.4. The number of piperidine rings is 1. The van der Waals surface area contributed by atoms with Gasteiger partial charge in [-0.25, -0.2) is 9.78 Å². The Morgan fingerprint density at radius 2 is 1.72 bits per heavy atom. The van der Waals surface area contributed by atoms with E-state index in [1.165, 1.54) is 24.3 Å². The molecule has 1 aromatic heterocycles. The molecule has 3 atom stereocenters. The minimum Gasteiger partial charge on any atom is -0.445 e. The summed E-state index contributed by atoms with van der Waals surface area (Å²) in [7, 11) is 0. The first-order valence-electron chi connectivity index (χ1n) is 13.3. The molecular formula is C28H32F3N5O3. The Morgan fingerprint density at radius 1 is 0.974 bits per heavy atom. The van der Waals surface area contributed by atoms with Crippen LogP contribution in [0.1, 0.15) is 38.5 Å². The van der Waals surface area contributed by atoms with Gasteiger partial charge >= 0.3 is 12.4 Å². The van der Waals surface area contributed by atoms with Crippen molar-refractivity contribution < 1.29 is 27.1 Å². The average molecular weight is 544 g/mol.